The van der Waals surface area contributed by atoms with Crippen LogP contribution < -0.4 is 4.74 Å². The van der Waals surface area contributed by atoms with Crippen LogP contribution in [0.4, 0.5) is 0 Å². The molecule has 0 aliphatic carbocycles. The summed E-state index contributed by atoms with van der Waals surface area (Å²) in [6.07, 6.45) is 0. The summed E-state index contributed by atoms with van der Waals surface area (Å²) < 4.78 is 5.07. The van der Waals surface area contributed by atoms with E-state index in [1.54, 1.807) is 7.11 Å². The monoisotopic (exact) mass is 149 g/mol. The highest BCUT2D eigenvalue weighted by atomic mass is 16.5. The van der Waals surface area contributed by atoms with Crippen LogP contribution in [0, 0.1) is 6.07 Å². The highest BCUT2D eigenvalue weighted by Gasteiger charge is 1.98. The normalized spacial score (nSPS) is 10.2. The molecule has 1 heteroatoms. The molecule has 1 aromatic carbocycles. The second kappa shape index (κ2) is 3.42. The van der Waals surface area contributed by atoms with Crippen LogP contribution in [0.25, 0.3) is 0 Å². The van der Waals surface area contributed by atoms with E-state index in [-0.39, 0.29) is 0 Å². The van der Waals surface area contributed by atoms with Gasteiger partial charge in [0.05, 0.1) is 7.11 Å². The highest BCUT2D eigenvalue weighted by Crippen LogP contribution is 2.18. The van der Waals surface area contributed by atoms with E-state index in [2.05, 4.69) is 19.9 Å². The van der Waals surface area contributed by atoms with Gasteiger partial charge in [-0.1, -0.05) is 19.9 Å². The molecule has 0 aliphatic heterocycles. The van der Waals surface area contributed by atoms with Crippen molar-refractivity contribution in [1.82, 2.24) is 0 Å². The summed E-state index contributed by atoms with van der Waals surface area (Å²) in [7, 11) is 1.67. The van der Waals surface area contributed by atoms with Gasteiger partial charge in [0.25, 0.3) is 0 Å². The number of methoxy groups -OCH3 is 1. The summed E-state index contributed by atoms with van der Waals surface area (Å²) in [5.74, 6) is 1.43. The molecule has 0 unspecified atom stereocenters. The fraction of sp³-hybridized carbons (Fsp3) is 0.400. The molecule has 0 amide bonds. The Balaban J connectivity index is 2.91. The summed E-state index contributed by atoms with van der Waals surface area (Å²) in [6.45, 7) is 4.31. The lowest BCUT2D eigenvalue weighted by Gasteiger charge is -2.06. The van der Waals surface area contributed by atoms with E-state index in [0.29, 0.717) is 5.92 Å². The lowest BCUT2D eigenvalue weighted by molar-refractivity contribution is 0.414. The molecule has 0 saturated carbocycles. The minimum atomic E-state index is 0.543. The van der Waals surface area contributed by atoms with Crippen LogP contribution in [-0.4, -0.2) is 7.11 Å². The fourth-order valence-electron chi connectivity index (χ4n) is 0.919. The molecule has 1 aromatic rings. The van der Waals surface area contributed by atoms with Gasteiger partial charge in [-0.3, -0.25) is 0 Å². The van der Waals surface area contributed by atoms with Crippen LogP contribution in [0.15, 0.2) is 18.2 Å². The van der Waals surface area contributed by atoms with Gasteiger partial charge in [0.2, 0.25) is 0 Å². The predicted octanol–water partition coefficient (Wildman–Crippen LogP) is 2.62. The topological polar surface area (TPSA) is 9.23 Å². The lowest BCUT2D eigenvalue weighted by Crippen LogP contribution is -1.88. The third kappa shape index (κ3) is 1.97. The Kier molecular flexibility index (Phi) is 2.53. The maximum atomic E-state index is 5.07. The summed E-state index contributed by atoms with van der Waals surface area (Å²) in [6, 6.07) is 8.91. The third-order valence-corrected chi connectivity index (χ3v) is 1.69. The van der Waals surface area contributed by atoms with Gasteiger partial charge in [-0.05, 0) is 29.7 Å². The van der Waals surface area contributed by atoms with E-state index in [9.17, 15) is 0 Å². The fourth-order valence-corrected chi connectivity index (χ4v) is 0.919. The molecule has 0 atom stereocenters. The van der Waals surface area contributed by atoms with E-state index < -0.39 is 0 Å². The maximum absolute atomic E-state index is 5.07. The Labute approximate surface area is 68.0 Å². The quantitative estimate of drug-likeness (QED) is 0.628. The Bertz CT molecular complexity index is 228. The van der Waals surface area contributed by atoms with Gasteiger partial charge < -0.3 is 4.74 Å². The molecule has 0 heterocycles. The minimum Gasteiger partial charge on any atom is -0.497 e. The second-order valence-electron chi connectivity index (χ2n) is 2.86. The van der Waals surface area contributed by atoms with Gasteiger partial charge in [0.1, 0.15) is 5.75 Å². The summed E-state index contributed by atoms with van der Waals surface area (Å²) in [4.78, 5) is 0. The second-order valence-corrected chi connectivity index (χ2v) is 2.86. The van der Waals surface area contributed by atoms with Crippen LogP contribution in [0.3, 0.4) is 0 Å². The molecule has 1 nitrogen and oxygen atoms in total. The van der Waals surface area contributed by atoms with Gasteiger partial charge >= 0.3 is 0 Å². The van der Waals surface area contributed by atoms with E-state index in [4.69, 9.17) is 4.74 Å². The SMILES string of the molecule is COc1c[c]cc(C(C)C)c1. The first-order valence-corrected chi connectivity index (χ1v) is 3.79. The molecular weight excluding hydrogens is 136 g/mol. The summed E-state index contributed by atoms with van der Waals surface area (Å²) >= 11 is 0. The van der Waals surface area contributed by atoms with Crippen molar-refractivity contribution in [2.45, 2.75) is 19.8 Å². The summed E-state index contributed by atoms with van der Waals surface area (Å²) in [5.41, 5.74) is 1.27. The van der Waals surface area contributed by atoms with E-state index >= 15 is 0 Å². The largest absolute Gasteiger partial charge is 0.497 e. The van der Waals surface area contributed by atoms with Crippen molar-refractivity contribution in [1.29, 1.82) is 0 Å². The zero-order valence-corrected chi connectivity index (χ0v) is 7.22. The van der Waals surface area contributed by atoms with Gasteiger partial charge in [-0.2, -0.15) is 0 Å². The van der Waals surface area contributed by atoms with Crippen molar-refractivity contribution in [2.24, 2.45) is 0 Å². The molecule has 11 heavy (non-hydrogen) atoms. The zero-order valence-electron chi connectivity index (χ0n) is 7.22. The van der Waals surface area contributed by atoms with Crippen LogP contribution in [0.5, 0.6) is 5.75 Å². The molecule has 1 radical (unpaired) electrons. The van der Waals surface area contributed by atoms with E-state index in [1.807, 2.05) is 18.2 Å². The van der Waals surface area contributed by atoms with Crippen LogP contribution in [0.2, 0.25) is 0 Å². The maximum Gasteiger partial charge on any atom is 0.119 e. The number of benzene rings is 1. The Morgan fingerprint density at radius 2 is 2.09 bits per heavy atom. The van der Waals surface area contributed by atoms with E-state index in [1.165, 1.54) is 5.56 Å². The summed E-state index contributed by atoms with van der Waals surface area (Å²) in [5, 5.41) is 0. The average Bonchev–Trinajstić information content (AvgIpc) is 2.05. The third-order valence-electron chi connectivity index (χ3n) is 1.69. The van der Waals surface area contributed by atoms with Crippen molar-refractivity contribution in [2.75, 3.05) is 7.11 Å². The van der Waals surface area contributed by atoms with Gasteiger partial charge in [-0.25, -0.2) is 0 Å². The smallest absolute Gasteiger partial charge is 0.119 e. The van der Waals surface area contributed by atoms with Gasteiger partial charge in [0.15, 0.2) is 0 Å². The van der Waals surface area contributed by atoms with E-state index in [0.717, 1.165) is 5.75 Å². The predicted molar refractivity (Wildman–Crippen MR) is 45.9 cm³/mol. The molecule has 0 aliphatic rings. The molecule has 0 fully saturated rings. The van der Waals surface area contributed by atoms with Crippen molar-refractivity contribution < 1.29 is 4.74 Å². The molecule has 0 N–H and O–H groups in total. The number of ether oxygens (including phenoxy) is 1. The standard InChI is InChI=1S/C10H13O/c1-8(2)9-5-4-6-10(7-9)11-3/h5-8H,1-3H3. The Morgan fingerprint density at radius 1 is 1.36 bits per heavy atom. The highest BCUT2D eigenvalue weighted by molar-refractivity contribution is 5.29. The number of rotatable bonds is 2. The molecule has 1 rings (SSSR count). The molecular formula is C10H13O. The first kappa shape index (κ1) is 8.12. The lowest BCUT2D eigenvalue weighted by atomic mass is 10.0. The molecule has 0 saturated heterocycles. The van der Waals surface area contributed by atoms with Crippen molar-refractivity contribution >= 4 is 0 Å². The molecule has 0 spiro atoms. The van der Waals surface area contributed by atoms with Gasteiger partial charge in [-0.15, -0.1) is 0 Å². The van der Waals surface area contributed by atoms with Crippen molar-refractivity contribution in [3.8, 4) is 5.75 Å². The van der Waals surface area contributed by atoms with Crippen LogP contribution >= 0.6 is 0 Å². The Hall–Kier alpha value is -0.980. The Morgan fingerprint density at radius 3 is 2.64 bits per heavy atom. The minimum absolute atomic E-state index is 0.543. The average molecular weight is 149 g/mol. The van der Waals surface area contributed by atoms with Gasteiger partial charge in [0, 0.05) is 0 Å². The molecule has 59 valence electrons. The van der Waals surface area contributed by atoms with Crippen molar-refractivity contribution in [3.63, 3.8) is 0 Å². The van der Waals surface area contributed by atoms with Crippen LogP contribution in [0.1, 0.15) is 25.3 Å². The zero-order chi connectivity index (χ0) is 8.27. The molecule has 0 bridgehead atoms. The number of hydrogen-bond donors (Lipinski definition) is 0. The molecule has 0 aromatic heterocycles. The first-order chi connectivity index (χ1) is 5.24. The van der Waals surface area contributed by atoms with Crippen LogP contribution in [-0.2, 0) is 0 Å². The first-order valence-electron chi connectivity index (χ1n) is 3.79. The van der Waals surface area contributed by atoms with Crippen molar-refractivity contribution in [3.05, 3.63) is 29.8 Å². The number of hydrogen-bond acceptors (Lipinski definition) is 1.